The monoisotopic (exact) mass is 396 g/mol. The third kappa shape index (κ3) is 4.43. The molecule has 0 saturated heterocycles. The normalized spacial score (nSPS) is 11.9. The second-order valence-electron chi connectivity index (χ2n) is 4.97. The lowest BCUT2D eigenvalue weighted by Gasteiger charge is -2.12. The molecule has 0 radical (unpaired) electrons. The first-order valence-electron chi connectivity index (χ1n) is 6.70. The molecule has 0 saturated carbocycles. The van der Waals surface area contributed by atoms with Gasteiger partial charge in [-0.15, -0.1) is 0 Å². The molecule has 13 heteroatoms. The van der Waals surface area contributed by atoms with Gasteiger partial charge in [-0.25, -0.2) is 0 Å². The van der Waals surface area contributed by atoms with Gasteiger partial charge in [0.05, 0.1) is 9.85 Å². The van der Waals surface area contributed by atoms with Gasteiger partial charge in [0, 0.05) is 12.1 Å². The van der Waals surface area contributed by atoms with Crippen molar-refractivity contribution in [2.45, 2.75) is 12.4 Å². The van der Waals surface area contributed by atoms with E-state index in [1.165, 1.54) is 0 Å². The smallest absolute Gasteiger partial charge is 0.423 e. The van der Waals surface area contributed by atoms with Crippen molar-refractivity contribution in [3.8, 4) is 11.5 Å². The number of hydrogen-bond donors (Lipinski definition) is 0. The molecule has 144 valence electrons. The van der Waals surface area contributed by atoms with Crippen LogP contribution in [0.4, 0.5) is 37.7 Å². The third-order valence-corrected chi connectivity index (χ3v) is 3.18. The van der Waals surface area contributed by atoms with Crippen LogP contribution in [0, 0.1) is 20.2 Å². The lowest BCUT2D eigenvalue weighted by molar-refractivity contribution is -0.388. The van der Waals surface area contributed by atoms with Gasteiger partial charge in [0.15, 0.2) is 0 Å². The molecule has 0 fully saturated rings. The summed E-state index contributed by atoms with van der Waals surface area (Å²) in [5, 5.41) is 21.3. The van der Waals surface area contributed by atoms with E-state index in [0.717, 1.165) is 12.1 Å². The summed E-state index contributed by atoms with van der Waals surface area (Å²) in [5.41, 5.74) is -5.87. The van der Waals surface area contributed by atoms with Crippen LogP contribution in [0.5, 0.6) is 11.5 Å². The number of nitro groups is 2. The minimum atomic E-state index is -5.12. The van der Waals surface area contributed by atoms with E-state index in [2.05, 4.69) is 0 Å². The summed E-state index contributed by atoms with van der Waals surface area (Å²) in [7, 11) is 0. The van der Waals surface area contributed by atoms with E-state index >= 15 is 0 Å². The summed E-state index contributed by atoms with van der Waals surface area (Å²) in [6.07, 6.45) is -10.2. The van der Waals surface area contributed by atoms with Gasteiger partial charge in [0.2, 0.25) is 0 Å². The minimum absolute atomic E-state index is 0.243. The number of halogens is 6. The van der Waals surface area contributed by atoms with Crippen molar-refractivity contribution in [1.29, 1.82) is 0 Å². The number of nitro benzene ring substituents is 2. The topological polar surface area (TPSA) is 95.5 Å². The van der Waals surface area contributed by atoms with Gasteiger partial charge < -0.3 is 4.74 Å². The summed E-state index contributed by atoms with van der Waals surface area (Å²) >= 11 is 0. The standard InChI is InChI=1S/C14H6F6N2O5/c15-13(16,17)9-5-7(1-3-11(9)21(23)24)27-8-2-4-12(22(25)26)10(6-8)14(18,19)20/h1-6H. The number of benzene rings is 2. The van der Waals surface area contributed by atoms with E-state index in [9.17, 15) is 46.6 Å². The predicted octanol–water partition coefficient (Wildman–Crippen LogP) is 5.33. The van der Waals surface area contributed by atoms with Gasteiger partial charge in [0.25, 0.3) is 11.4 Å². The number of rotatable bonds is 4. The maximum absolute atomic E-state index is 12.9. The highest BCUT2D eigenvalue weighted by Crippen LogP contribution is 2.41. The SMILES string of the molecule is O=[N+]([O-])c1ccc(Oc2ccc([N+](=O)[O-])c(C(F)(F)F)c2)cc1C(F)(F)F. The summed E-state index contributed by atoms with van der Waals surface area (Å²) in [5.74, 6) is -1.29. The van der Waals surface area contributed by atoms with E-state index in [1.54, 1.807) is 0 Å². The first kappa shape index (κ1) is 19.9. The van der Waals surface area contributed by atoms with Gasteiger partial charge >= 0.3 is 12.4 Å². The van der Waals surface area contributed by atoms with E-state index in [4.69, 9.17) is 4.74 Å². The largest absolute Gasteiger partial charge is 0.457 e. The fourth-order valence-corrected chi connectivity index (χ4v) is 2.07. The van der Waals surface area contributed by atoms with Gasteiger partial charge in [-0.2, -0.15) is 26.3 Å². The van der Waals surface area contributed by atoms with Crippen LogP contribution in [0.3, 0.4) is 0 Å². The van der Waals surface area contributed by atoms with Crippen molar-refractivity contribution >= 4 is 11.4 Å². The summed E-state index contributed by atoms with van der Waals surface area (Å²) < 4.78 is 82.3. The molecule has 0 aliphatic heterocycles. The van der Waals surface area contributed by atoms with Crippen LogP contribution < -0.4 is 4.74 Å². The lowest BCUT2D eigenvalue weighted by Crippen LogP contribution is -2.10. The Bertz CT molecular complexity index is 836. The Morgan fingerprint density at radius 1 is 0.704 bits per heavy atom. The average molecular weight is 396 g/mol. The molecule has 27 heavy (non-hydrogen) atoms. The van der Waals surface area contributed by atoms with Gasteiger partial charge in [-0.1, -0.05) is 0 Å². The van der Waals surface area contributed by atoms with E-state index in [1.807, 2.05) is 0 Å². The molecule has 0 aromatic heterocycles. The van der Waals surface area contributed by atoms with Crippen LogP contribution in [0.15, 0.2) is 36.4 Å². The van der Waals surface area contributed by atoms with Crippen LogP contribution in [0.1, 0.15) is 11.1 Å². The molecular weight excluding hydrogens is 390 g/mol. The summed E-state index contributed by atoms with van der Waals surface area (Å²) in [6, 6.07) is 2.95. The van der Waals surface area contributed by atoms with Crippen molar-refractivity contribution in [3.63, 3.8) is 0 Å². The Morgan fingerprint density at radius 2 is 1.04 bits per heavy atom. The Balaban J connectivity index is 2.49. The zero-order valence-corrected chi connectivity index (χ0v) is 12.7. The van der Waals surface area contributed by atoms with Crippen LogP contribution in [-0.4, -0.2) is 9.85 Å². The molecule has 0 N–H and O–H groups in total. The van der Waals surface area contributed by atoms with Crippen LogP contribution >= 0.6 is 0 Å². The zero-order valence-electron chi connectivity index (χ0n) is 12.7. The molecule has 2 rings (SSSR count). The third-order valence-electron chi connectivity index (χ3n) is 3.18. The molecule has 0 atom stereocenters. The molecule has 2 aromatic carbocycles. The molecule has 0 heterocycles. The summed E-state index contributed by atoms with van der Waals surface area (Å²) in [6.45, 7) is 0. The zero-order chi connectivity index (χ0) is 20.6. The lowest BCUT2D eigenvalue weighted by atomic mass is 10.1. The maximum Gasteiger partial charge on any atom is 0.423 e. The number of alkyl halides is 6. The molecular formula is C14H6F6N2O5. The van der Waals surface area contributed by atoms with Gasteiger partial charge in [0.1, 0.15) is 22.6 Å². The van der Waals surface area contributed by atoms with E-state index in [0.29, 0.717) is 12.1 Å². The Hall–Kier alpha value is -3.38. The van der Waals surface area contributed by atoms with E-state index < -0.39 is 56.2 Å². The highest BCUT2D eigenvalue weighted by atomic mass is 19.4. The molecule has 0 spiro atoms. The van der Waals surface area contributed by atoms with Crippen molar-refractivity contribution in [2.24, 2.45) is 0 Å². The predicted molar refractivity (Wildman–Crippen MR) is 76.3 cm³/mol. The van der Waals surface area contributed by atoms with Crippen LogP contribution in [0.25, 0.3) is 0 Å². The highest BCUT2D eigenvalue weighted by Gasteiger charge is 2.40. The summed E-state index contributed by atoms with van der Waals surface area (Å²) in [4.78, 5) is 18.8. The molecule has 2 aromatic rings. The van der Waals surface area contributed by atoms with E-state index in [-0.39, 0.29) is 12.1 Å². The minimum Gasteiger partial charge on any atom is -0.457 e. The quantitative estimate of drug-likeness (QED) is 0.395. The molecule has 0 aliphatic rings. The van der Waals surface area contributed by atoms with Crippen molar-refractivity contribution in [3.05, 3.63) is 67.8 Å². The Morgan fingerprint density at radius 3 is 1.30 bits per heavy atom. The van der Waals surface area contributed by atoms with Crippen molar-refractivity contribution in [2.75, 3.05) is 0 Å². The number of nitrogens with zero attached hydrogens (tertiary/aromatic N) is 2. The first-order chi connectivity index (χ1) is 12.3. The van der Waals surface area contributed by atoms with Crippen molar-refractivity contribution < 1.29 is 40.9 Å². The van der Waals surface area contributed by atoms with Gasteiger partial charge in [-0.05, 0) is 24.3 Å². The van der Waals surface area contributed by atoms with Crippen molar-refractivity contribution in [1.82, 2.24) is 0 Å². The average Bonchev–Trinajstić information content (AvgIpc) is 2.52. The first-order valence-corrected chi connectivity index (χ1v) is 6.70. The molecule has 0 bridgehead atoms. The molecule has 0 unspecified atom stereocenters. The molecule has 7 nitrogen and oxygen atoms in total. The highest BCUT2D eigenvalue weighted by molar-refractivity contribution is 5.50. The Kier molecular flexibility index (Phi) is 4.97. The number of hydrogen-bond acceptors (Lipinski definition) is 5. The fraction of sp³-hybridized carbons (Fsp3) is 0.143. The molecule has 0 amide bonds. The number of ether oxygens (including phenoxy) is 1. The fourth-order valence-electron chi connectivity index (χ4n) is 2.07. The van der Waals surface area contributed by atoms with Gasteiger partial charge in [-0.3, -0.25) is 20.2 Å². The van der Waals surface area contributed by atoms with Crippen LogP contribution in [-0.2, 0) is 12.4 Å². The Labute approximate surface area is 145 Å². The second-order valence-corrected chi connectivity index (χ2v) is 4.97. The maximum atomic E-state index is 12.9. The van der Waals surface area contributed by atoms with Crippen LogP contribution in [0.2, 0.25) is 0 Å². The second kappa shape index (κ2) is 6.74. The molecule has 0 aliphatic carbocycles.